The van der Waals surface area contributed by atoms with E-state index in [2.05, 4.69) is 4.90 Å². The highest BCUT2D eigenvalue weighted by atomic mass is 19.1. The van der Waals surface area contributed by atoms with Crippen LogP contribution in [0.5, 0.6) is 0 Å². The Balaban J connectivity index is 2.06. The van der Waals surface area contributed by atoms with Crippen molar-refractivity contribution in [2.45, 2.75) is 26.0 Å². The van der Waals surface area contributed by atoms with Gasteiger partial charge in [0, 0.05) is 19.2 Å². The Hall–Kier alpha value is -1.53. The van der Waals surface area contributed by atoms with Gasteiger partial charge in [0.2, 0.25) is 0 Å². The van der Waals surface area contributed by atoms with Gasteiger partial charge in [-0.1, -0.05) is 0 Å². The Morgan fingerprint density at radius 2 is 2.32 bits per heavy atom. The highest BCUT2D eigenvalue weighted by Crippen LogP contribution is 2.23. The van der Waals surface area contributed by atoms with Crippen molar-refractivity contribution in [2.75, 3.05) is 13.1 Å². The van der Waals surface area contributed by atoms with E-state index in [1.165, 1.54) is 12.1 Å². The average Bonchev–Trinajstić information content (AvgIpc) is 2.76. The van der Waals surface area contributed by atoms with Gasteiger partial charge in [0.25, 0.3) is 5.69 Å². The van der Waals surface area contributed by atoms with E-state index in [1.807, 2.05) is 0 Å². The summed E-state index contributed by atoms with van der Waals surface area (Å²) < 4.78 is 13.3. The molecule has 1 fully saturated rings. The van der Waals surface area contributed by atoms with Crippen molar-refractivity contribution in [2.24, 2.45) is 5.92 Å². The molecular formula is C13H17FN2O3. The molecule has 6 heteroatoms. The average molecular weight is 268 g/mol. The standard InChI is InChI=1S/C13H17FN2O3/c1-9(17)11-2-3-15(8-11)7-10-4-12(14)6-13(5-10)16(18)19/h4-6,9,11,17H,2-3,7-8H2,1H3. The van der Waals surface area contributed by atoms with Crippen LogP contribution in [0.4, 0.5) is 10.1 Å². The van der Waals surface area contributed by atoms with Crippen LogP contribution in [0.25, 0.3) is 0 Å². The van der Waals surface area contributed by atoms with Gasteiger partial charge in [-0.3, -0.25) is 15.0 Å². The van der Waals surface area contributed by atoms with Crippen molar-refractivity contribution < 1.29 is 14.4 Å². The number of halogens is 1. The molecule has 1 saturated heterocycles. The van der Waals surface area contributed by atoms with Crippen LogP contribution in [-0.2, 0) is 6.54 Å². The number of benzene rings is 1. The maximum atomic E-state index is 13.3. The zero-order valence-electron chi connectivity index (χ0n) is 10.8. The number of nitrogens with zero attached hydrogens (tertiary/aromatic N) is 2. The van der Waals surface area contributed by atoms with E-state index in [4.69, 9.17) is 0 Å². The van der Waals surface area contributed by atoms with Gasteiger partial charge in [-0.05, 0) is 37.4 Å². The van der Waals surface area contributed by atoms with Crippen LogP contribution in [0, 0.1) is 21.8 Å². The molecule has 19 heavy (non-hydrogen) atoms. The summed E-state index contributed by atoms with van der Waals surface area (Å²) in [5, 5.41) is 20.2. The zero-order chi connectivity index (χ0) is 14.0. The van der Waals surface area contributed by atoms with Gasteiger partial charge in [0.05, 0.1) is 17.1 Å². The predicted octanol–water partition coefficient (Wildman–Crippen LogP) is 1.94. The monoisotopic (exact) mass is 268 g/mol. The third-order valence-electron chi connectivity index (χ3n) is 3.55. The van der Waals surface area contributed by atoms with Crippen molar-refractivity contribution in [1.82, 2.24) is 4.90 Å². The van der Waals surface area contributed by atoms with Crippen molar-refractivity contribution >= 4 is 5.69 Å². The highest BCUT2D eigenvalue weighted by molar-refractivity contribution is 5.35. The molecule has 2 rings (SSSR count). The summed E-state index contributed by atoms with van der Waals surface area (Å²) in [5.41, 5.74) is 0.374. The van der Waals surface area contributed by atoms with Gasteiger partial charge in [-0.2, -0.15) is 0 Å². The van der Waals surface area contributed by atoms with Gasteiger partial charge < -0.3 is 5.11 Å². The second-order valence-corrected chi connectivity index (χ2v) is 5.10. The van der Waals surface area contributed by atoms with E-state index in [-0.39, 0.29) is 17.7 Å². The number of hydrogen-bond donors (Lipinski definition) is 1. The summed E-state index contributed by atoms with van der Waals surface area (Å²) in [6.45, 7) is 3.80. The number of aliphatic hydroxyl groups excluding tert-OH is 1. The van der Waals surface area contributed by atoms with E-state index in [9.17, 15) is 19.6 Å². The first-order valence-corrected chi connectivity index (χ1v) is 6.30. The summed E-state index contributed by atoms with van der Waals surface area (Å²) in [4.78, 5) is 12.2. The van der Waals surface area contributed by atoms with Crippen molar-refractivity contribution in [3.63, 3.8) is 0 Å². The Morgan fingerprint density at radius 1 is 1.58 bits per heavy atom. The molecule has 0 amide bonds. The number of nitro groups is 1. The SMILES string of the molecule is CC(O)C1CCN(Cc2cc(F)cc([N+](=O)[O-])c2)C1. The lowest BCUT2D eigenvalue weighted by Gasteiger charge is -2.17. The van der Waals surface area contributed by atoms with E-state index >= 15 is 0 Å². The van der Waals surface area contributed by atoms with E-state index in [1.54, 1.807) is 6.92 Å². The Morgan fingerprint density at radius 3 is 2.89 bits per heavy atom. The third kappa shape index (κ3) is 3.48. The quantitative estimate of drug-likeness (QED) is 0.669. The Kier molecular flexibility index (Phi) is 4.11. The number of non-ortho nitro benzene ring substituents is 1. The lowest BCUT2D eigenvalue weighted by molar-refractivity contribution is -0.385. The number of likely N-dealkylation sites (tertiary alicyclic amines) is 1. The number of rotatable bonds is 4. The molecule has 0 radical (unpaired) electrons. The fourth-order valence-electron chi connectivity index (χ4n) is 2.49. The Bertz CT molecular complexity index is 479. The molecule has 1 aliphatic heterocycles. The molecule has 1 aliphatic rings. The van der Waals surface area contributed by atoms with Gasteiger partial charge in [0.15, 0.2) is 0 Å². The van der Waals surface area contributed by atoms with Crippen LogP contribution >= 0.6 is 0 Å². The zero-order valence-corrected chi connectivity index (χ0v) is 10.8. The summed E-state index contributed by atoms with van der Waals surface area (Å²) in [6.07, 6.45) is 0.543. The number of nitro benzene ring substituents is 1. The van der Waals surface area contributed by atoms with Crippen LogP contribution in [0.15, 0.2) is 18.2 Å². The van der Waals surface area contributed by atoms with Crippen LogP contribution in [0.1, 0.15) is 18.9 Å². The molecule has 0 aliphatic carbocycles. The number of aliphatic hydroxyl groups is 1. The van der Waals surface area contributed by atoms with E-state index < -0.39 is 10.7 Å². The van der Waals surface area contributed by atoms with Gasteiger partial charge in [-0.25, -0.2) is 4.39 Å². The Labute approximate surface area is 110 Å². The van der Waals surface area contributed by atoms with Gasteiger partial charge in [0.1, 0.15) is 5.82 Å². The molecule has 2 atom stereocenters. The molecule has 1 aromatic carbocycles. The predicted molar refractivity (Wildman–Crippen MR) is 68.1 cm³/mol. The number of hydrogen-bond acceptors (Lipinski definition) is 4. The lowest BCUT2D eigenvalue weighted by atomic mass is 10.0. The molecule has 0 spiro atoms. The molecule has 1 heterocycles. The first kappa shape index (κ1) is 13.9. The minimum atomic E-state index is -0.588. The second kappa shape index (κ2) is 5.63. The molecule has 1 N–H and O–H groups in total. The van der Waals surface area contributed by atoms with Crippen molar-refractivity contribution in [3.8, 4) is 0 Å². The molecule has 0 aromatic heterocycles. The molecule has 1 aromatic rings. The summed E-state index contributed by atoms with van der Waals surface area (Å²) in [7, 11) is 0. The molecule has 2 unspecified atom stereocenters. The fourth-order valence-corrected chi connectivity index (χ4v) is 2.49. The maximum absolute atomic E-state index is 13.3. The lowest BCUT2D eigenvalue weighted by Crippen LogP contribution is -2.24. The first-order valence-electron chi connectivity index (χ1n) is 6.30. The topological polar surface area (TPSA) is 66.6 Å². The second-order valence-electron chi connectivity index (χ2n) is 5.10. The third-order valence-corrected chi connectivity index (χ3v) is 3.55. The first-order chi connectivity index (χ1) is 8.95. The summed E-state index contributed by atoms with van der Waals surface area (Å²) in [5.74, 6) is -0.362. The maximum Gasteiger partial charge on any atom is 0.272 e. The van der Waals surface area contributed by atoms with E-state index in [0.29, 0.717) is 12.1 Å². The van der Waals surface area contributed by atoms with Crippen LogP contribution in [0.2, 0.25) is 0 Å². The minimum Gasteiger partial charge on any atom is -0.393 e. The van der Waals surface area contributed by atoms with Crippen molar-refractivity contribution in [1.29, 1.82) is 0 Å². The normalized spacial score (nSPS) is 21.5. The fraction of sp³-hybridized carbons (Fsp3) is 0.538. The minimum absolute atomic E-state index is 0.221. The largest absolute Gasteiger partial charge is 0.393 e. The van der Waals surface area contributed by atoms with Crippen LogP contribution in [0.3, 0.4) is 0 Å². The molecule has 0 bridgehead atoms. The smallest absolute Gasteiger partial charge is 0.272 e. The van der Waals surface area contributed by atoms with Crippen LogP contribution in [-0.4, -0.2) is 34.1 Å². The molecule has 5 nitrogen and oxygen atoms in total. The van der Waals surface area contributed by atoms with Crippen LogP contribution < -0.4 is 0 Å². The van der Waals surface area contributed by atoms with E-state index in [0.717, 1.165) is 25.6 Å². The van der Waals surface area contributed by atoms with Gasteiger partial charge >= 0.3 is 0 Å². The van der Waals surface area contributed by atoms with Crippen molar-refractivity contribution in [3.05, 3.63) is 39.7 Å². The summed E-state index contributed by atoms with van der Waals surface area (Å²) >= 11 is 0. The molecular weight excluding hydrogens is 251 g/mol. The van der Waals surface area contributed by atoms with Gasteiger partial charge in [-0.15, -0.1) is 0 Å². The molecule has 104 valence electrons. The highest BCUT2D eigenvalue weighted by Gasteiger charge is 2.26. The molecule has 0 saturated carbocycles. The summed E-state index contributed by atoms with van der Waals surface area (Å²) in [6, 6.07) is 3.65.